The fourth-order valence-corrected chi connectivity index (χ4v) is 1.54. The molecule has 0 aromatic rings. The van der Waals surface area contributed by atoms with E-state index in [2.05, 4.69) is 11.8 Å². The summed E-state index contributed by atoms with van der Waals surface area (Å²) in [7, 11) is 0. The second kappa shape index (κ2) is 3.71. The molecule has 1 saturated heterocycles. The van der Waals surface area contributed by atoms with Crippen molar-refractivity contribution in [3.05, 3.63) is 0 Å². The fourth-order valence-electron chi connectivity index (χ4n) is 1.54. The van der Waals surface area contributed by atoms with Crippen LogP contribution in [0.25, 0.3) is 0 Å². The minimum atomic E-state index is 0.699. The SMILES string of the molecule is CC1CCCN1CCC=O. The summed E-state index contributed by atoms with van der Waals surface area (Å²) in [4.78, 5) is 12.4. The van der Waals surface area contributed by atoms with E-state index in [9.17, 15) is 4.79 Å². The van der Waals surface area contributed by atoms with Gasteiger partial charge in [-0.2, -0.15) is 0 Å². The summed E-state index contributed by atoms with van der Waals surface area (Å²) < 4.78 is 0. The van der Waals surface area contributed by atoms with Crippen LogP contribution in [0.4, 0.5) is 0 Å². The normalized spacial score (nSPS) is 27.1. The van der Waals surface area contributed by atoms with Crippen LogP contribution < -0.4 is 0 Å². The first kappa shape index (κ1) is 7.73. The molecule has 0 aromatic carbocycles. The van der Waals surface area contributed by atoms with Gasteiger partial charge < -0.3 is 9.69 Å². The quantitative estimate of drug-likeness (QED) is 0.548. The molecule has 0 aliphatic carbocycles. The topological polar surface area (TPSA) is 20.3 Å². The molecule has 2 heteroatoms. The molecule has 0 N–H and O–H groups in total. The van der Waals surface area contributed by atoms with Crippen molar-refractivity contribution >= 4 is 6.29 Å². The van der Waals surface area contributed by atoms with Gasteiger partial charge in [-0.05, 0) is 26.3 Å². The number of carbonyl (C=O) groups is 1. The highest BCUT2D eigenvalue weighted by molar-refractivity contribution is 5.49. The summed E-state index contributed by atoms with van der Waals surface area (Å²) >= 11 is 0. The molecule has 1 fully saturated rings. The third-order valence-electron chi connectivity index (χ3n) is 2.22. The van der Waals surface area contributed by atoms with Gasteiger partial charge in [-0.3, -0.25) is 0 Å². The summed E-state index contributed by atoms with van der Waals surface area (Å²) in [6.45, 7) is 4.39. The predicted octanol–water partition coefficient (Wildman–Crippen LogP) is 1.06. The molecule has 0 amide bonds. The Morgan fingerprint density at radius 2 is 2.50 bits per heavy atom. The number of aldehydes is 1. The van der Waals surface area contributed by atoms with Crippen LogP contribution in [0.3, 0.4) is 0 Å². The second-order valence-electron chi connectivity index (χ2n) is 2.98. The molecule has 1 heterocycles. The maximum Gasteiger partial charge on any atom is 0.121 e. The van der Waals surface area contributed by atoms with E-state index in [4.69, 9.17) is 0 Å². The highest BCUT2D eigenvalue weighted by Gasteiger charge is 2.18. The zero-order chi connectivity index (χ0) is 7.40. The lowest BCUT2D eigenvalue weighted by molar-refractivity contribution is -0.108. The highest BCUT2D eigenvalue weighted by atomic mass is 16.1. The molecule has 0 bridgehead atoms. The largest absolute Gasteiger partial charge is 0.303 e. The Labute approximate surface area is 62.2 Å². The van der Waals surface area contributed by atoms with Crippen LogP contribution >= 0.6 is 0 Å². The van der Waals surface area contributed by atoms with Crippen molar-refractivity contribution in [3.63, 3.8) is 0 Å². The van der Waals surface area contributed by atoms with E-state index in [0.29, 0.717) is 12.5 Å². The lowest BCUT2D eigenvalue weighted by Gasteiger charge is -2.18. The molecule has 58 valence electrons. The molecule has 0 aromatic heterocycles. The molecular formula is C8H15NO. The van der Waals surface area contributed by atoms with E-state index in [1.54, 1.807) is 0 Å². The van der Waals surface area contributed by atoms with Crippen molar-refractivity contribution in [1.82, 2.24) is 4.90 Å². The molecule has 2 nitrogen and oxygen atoms in total. The smallest absolute Gasteiger partial charge is 0.121 e. The van der Waals surface area contributed by atoms with Crippen LogP contribution in [0.5, 0.6) is 0 Å². The summed E-state index contributed by atoms with van der Waals surface area (Å²) in [6.07, 6.45) is 4.31. The van der Waals surface area contributed by atoms with Crippen molar-refractivity contribution in [1.29, 1.82) is 0 Å². The van der Waals surface area contributed by atoms with Gasteiger partial charge in [0, 0.05) is 19.0 Å². The van der Waals surface area contributed by atoms with Gasteiger partial charge in [-0.25, -0.2) is 0 Å². The molecule has 0 saturated carbocycles. The minimum Gasteiger partial charge on any atom is -0.303 e. The van der Waals surface area contributed by atoms with E-state index in [-0.39, 0.29) is 0 Å². The molecule has 1 atom stereocenters. The summed E-state index contributed by atoms with van der Waals surface area (Å²) in [5, 5.41) is 0. The van der Waals surface area contributed by atoms with Crippen molar-refractivity contribution in [2.45, 2.75) is 32.2 Å². The number of rotatable bonds is 3. The fraction of sp³-hybridized carbons (Fsp3) is 0.875. The minimum absolute atomic E-state index is 0.699. The third kappa shape index (κ3) is 1.81. The van der Waals surface area contributed by atoms with Gasteiger partial charge in [0.25, 0.3) is 0 Å². The molecule has 1 aliphatic heterocycles. The van der Waals surface area contributed by atoms with Gasteiger partial charge in [0.15, 0.2) is 0 Å². The van der Waals surface area contributed by atoms with Gasteiger partial charge in [0.05, 0.1) is 0 Å². The van der Waals surface area contributed by atoms with Crippen molar-refractivity contribution < 1.29 is 4.79 Å². The molecule has 10 heavy (non-hydrogen) atoms. The highest BCUT2D eigenvalue weighted by Crippen LogP contribution is 2.15. The van der Waals surface area contributed by atoms with Crippen LogP contribution in [0.15, 0.2) is 0 Å². The van der Waals surface area contributed by atoms with Gasteiger partial charge in [-0.1, -0.05) is 0 Å². The Bertz CT molecular complexity index is 114. The number of hydrogen-bond acceptors (Lipinski definition) is 2. The zero-order valence-electron chi connectivity index (χ0n) is 6.55. The van der Waals surface area contributed by atoms with E-state index in [1.807, 2.05) is 0 Å². The van der Waals surface area contributed by atoms with Crippen LogP contribution in [0.1, 0.15) is 26.2 Å². The van der Waals surface area contributed by atoms with E-state index < -0.39 is 0 Å². The average molecular weight is 141 g/mol. The monoisotopic (exact) mass is 141 g/mol. The van der Waals surface area contributed by atoms with E-state index in [1.165, 1.54) is 19.4 Å². The van der Waals surface area contributed by atoms with E-state index in [0.717, 1.165) is 12.8 Å². The molecular weight excluding hydrogens is 126 g/mol. The van der Waals surface area contributed by atoms with Crippen molar-refractivity contribution in [2.24, 2.45) is 0 Å². The van der Waals surface area contributed by atoms with Crippen LogP contribution in [-0.2, 0) is 4.79 Å². The summed E-state index contributed by atoms with van der Waals surface area (Å²) in [5.74, 6) is 0. The van der Waals surface area contributed by atoms with Crippen LogP contribution in [0.2, 0.25) is 0 Å². The average Bonchev–Trinajstić information content (AvgIpc) is 2.31. The van der Waals surface area contributed by atoms with Crippen molar-refractivity contribution in [3.8, 4) is 0 Å². The Kier molecular flexibility index (Phi) is 2.87. The lowest BCUT2D eigenvalue weighted by atomic mass is 10.2. The number of carbonyl (C=O) groups excluding carboxylic acids is 1. The Morgan fingerprint density at radius 1 is 1.70 bits per heavy atom. The predicted molar refractivity (Wildman–Crippen MR) is 41.0 cm³/mol. The van der Waals surface area contributed by atoms with Gasteiger partial charge >= 0.3 is 0 Å². The number of likely N-dealkylation sites (tertiary alicyclic amines) is 1. The standard InChI is InChI=1S/C8H15NO/c1-8-4-2-5-9(8)6-3-7-10/h7-8H,2-6H2,1H3. The first-order valence-electron chi connectivity index (χ1n) is 4.02. The maximum atomic E-state index is 10.0. The molecule has 1 aliphatic rings. The number of hydrogen-bond donors (Lipinski definition) is 0. The van der Waals surface area contributed by atoms with E-state index >= 15 is 0 Å². The molecule has 0 spiro atoms. The van der Waals surface area contributed by atoms with Gasteiger partial charge in [0.2, 0.25) is 0 Å². The Morgan fingerprint density at radius 3 is 3.00 bits per heavy atom. The second-order valence-corrected chi connectivity index (χ2v) is 2.98. The van der Waals surface area contributed by atoms with Crippen LogP contribution in [0, 0.1) is 0 Å². The third-order valence-corrected chi connectivity index (χ3v) is 2.22. The Balaban J connectivity index is 2.19. The number of nitrogens with zero attached hydrogens (tertiary/aromatic N) is 1. The zero-order valence-corrected chi connectivity index (χ0v) is 6.55. The lowest BCUT2D eigenvalue weighted by Crippen LogP contribution is -2.27. The van der Waals surface area contributed by atoms with Crippen LogP contribution in [-0.4, -0.2) is 30.3 Å². The summed E-state index contributed by atoms with van der Waals surface area (Å²) in [5.41, 5.74) is 0. The molecule has 1 unspecified atom stereocenters. The van der Waals surface area contributed by atoms with Crippen molar-refractivity contribution in [2.75, 3.05) is 13.1 Å². The van der Waals surface area contributed by atoms with Gasteiger partial charge in [-0.15, -0.1) is 0 Å². The maximum absolute atomic E-state index is 10.0. The van der Waals surface area contributed by atoms with Gasteiger partial charge in [0.1, 0.15) is 6.29 Å². The molecule has 0 radical (unpaired) electrons. The Hall–Kier alpha value is -0.370. The first-order valence-corrected chi connectivity index (χ1v) is 4.02. The molecule has 1 rings (SSSR count). The first-order chi connectivity index (χ1) is 4.84. The summed E-state index contributed by atoms with van der Waals surface area (Å²) in [6, 6.07) is 0.708.